The van der Waals surface area contributed by atoms with E-state index in [1.807, 2.05) is 0 Å². The van der Waals surface area contributed by atoms with Crippen LogP contribution in [0.15, 0.2) is 12.2 Å². The normalized spacial score (nSPS) is 12.0. The van der Waals surface area contributed by atoms with Crippen LogP contribution in [0.4, 0.5) is 0 Å². The fourth-order valence-electron chi connectivity index (χ4n) is 9.91. The van der Waals surface area contributed by atoms with Gasteiger partial charge in [-0.05, 0) is 44.9 Å². The molecule has 0 aromatic rings. The van der Waals surface area contributed by atoms with Crippen LogP contribution in [0.5, 0.6) is 0 Å². The number of carbonyl (C=O) groups excluding carboxylic acids is 3. The second kappa shape index (κ2) is 60.7. The van der Waals surface area contributed by atoms with E-state index in [0.29, 0.717) is 19.3 Å². The highest BCUT2D eigenvalue weighted by Gasteiger charge is 2.19. The average Bonchev–Trinajstić information content (AvgIpc) is 3.37. The van der Waals surface area contributed by atoms with E-state index < -0.39 is 6.10 Å². The van der Waals surface area contributed by atoms with Crippen LogP contribution < -0.4 is 0 Å². The Balaban J connectivity index is 3.95. The maximum atomic E-state index is 12.8. The third kappa shape index (κ3) is 58.9. The molecule has 0 N–H and O–H groups in total. The number of allylic oxidation sites excluding steroid dienone is 2. The fourth-order valence-corrected chi connectivity index (χ4v) is 9.91. The van der Waals surface area contributed by atoms with E-state index in [0.717, 1.165) is 57.8 Å². The highest BCUT2D eigenvalue weighted by atomic mass is 16.6. The number of hydrogen-bond donors (Lipinski definition) is 0. The largest absolute Gasteiger partial charge is 0.462 e. The summed E-state index contributed by atoms with van der Waals surface area (Å²) in [5, 5.41) is 0. The van der Waals surface area contributed by atoms with Crippen molar-refractivity contribution >= 4 is 17.9 Å². The van der Waals surface area contributed by atoms with Crippen LogP contribution in [-0.2, 0) is 28.6 Å². The molecule has 71 heavy (non-hydrogen) atoms. The predicted molar refractivity (Wildman–Crippen MR) is 307 cm³/mol. The van der Waals surface area contributed by atoms with Crippen molar-refractivity contribution in [1.82, 2.24) is 0 Å². The summed E-state index contributed by atoms with van der Waals surface area (Å²) < 4.78 is 16.8. The van der Waals surface area contributed by atoms with Crippen molar-refractivity contribution in [3.63, 3.8) is 0 Å². The van der Waals surface area contributed by atoms with Crippen LogP contribution in [0.1, 0.15) is 367 Å². The summed E-state index contributed by atoms with van der Waals surface area (Å²) in [5.74, 6) is -0.844. The average molecular weight is 1000 g/mol. The third-order valence-electron chi connectivity index (χ3n) is 14.8. The van der Waals surface area contributed by atoms with Gasteiger partial charge in [0.2, 0.25) is 0 Å². The van der Waals surface area contributed by atoms with Gasteiger partial charge in [0.1, 0.15) is 13.2 Å². The zero-order chi connectivity index (χ0) is 51.4. The number of carbonyl (C=O) groups is 3. The number of rotatable bonds is 60. The summed E-state index contributed by atoms with van der Waals surface area (Å²) in [6.07, 6.45) is 71.2. The lowest BCUT2D eigenvalue weighted by atomic mass is 10.0. The maximum absolute atomic E-state index is 12.8. The first-order valence-electron chi connectivity index (χ1n) is 32.2. The molecule has 0 bridgehead atoms. The molecular weight excluding hydrogens is 877 g/mol. The second-order valence-corrected chi connectivity index (χ2v) is 22.0. The van der Waals surface area contributed by atoms with Crippen molar-refractivity contribution in [2.75, 3.05) is 13.2 Å². The quantitative estimate of drug-likeness (QED) is 0.0261. The van der Waals surface area contributed by atoms with Gasteiger partial charge in [0.05, 0.1) is 0 Å². The Morgan fingerprint density at radius 3 is 0.704 bits per heavy atom. The Morgan fingerprint density at radius 1 is 0.268 bits per heavy atom. The van der Waals surface area contributed by atoms with Crippen LogP contribution >= 0.6 is 0 Å². The lowest BCUT2D eigenvalue weighted by molar-refractivity contribution is -0.167. The standard InChI is InChI=1S/C65H124O6/c1-4-7-10-13-16-18-20-22-24-25-26-27-28-29-30-31-32-33-34-35-36-37-38-39-41-42-44-46-49-52-55-58-64(67)70-61-62(60-69-63(66)57-54-51-48-15-12-9-6-3)71-65(68)59-56-53-50-47-45-43-40-23-21-19-17-14-11-8-5-2/h25-26,62H,4-24,27-61H2,1-3H3/b26-25-. The number of ether oxygens (including phenoxy) is 3. The molecule has 0 aromatic heterocycles. The second-order valence-electron chi connectivity index (χ2n) is 22.0. The first kappa shape index (κ1) is 69.2. The number of esters is 3. The molecule has 0 heterocycles. The van der Waals surface area contributed by atoms with Gasteiger partial charge in [0.25, 0.3) is 0 Å². The van der Waals surface area contributed by atoms with Crippen LogP contribution in [0.25, 0.3) is 0 Å². The van der Waals surface area contributed by atoms with Crippen LogP contribution in [-0.4, -0.2) is 37.2 Å². The monoisotopic (exact) mass is 1000 g/mol. The molecule has 0 spiro atoms. The van der Waals surface area contributed by atoms with Crippen molar-refractivity contribution in [2.24, 2.45) is 0 Å². The van der Waals surface area contributed by atoms with Gasteiger partial charge in [-0.1, -0.05) is 315 Å². The molecule has 6 nitrogen and oxygen atoms in total. The summed E-state index contributed by atoms with van der Waals surface area (Å²) in [7, 11) is 0. The van der Waals surface area contributed by atoms with Crippen LogP contribution in [0, 0.1) is 0 Å². The molecule has 0 radical (unpaired) electrons. The minimum atomic E-state index is -0.762. The van der Waals surface area contributed by atoms with Crippen molar-refractivity contribution < 1.29 is 28.6 Å². The van der Waals surface area contributed by atoms with E-state index in [-0.39, 0.29) is 31.1 Å². The zero-order valence-electron chi connectivity index (χ0n) is 48.3. The van der Waals surface area contributed by atoms with Crippen molar-refractivity contribution in [3.05, 3.63) is 12.2 Å². The number of hydrogen-bond acceptors (Lipinski definition) is 6. The van der Waals surface area contributed by atoms with Crippen molar-refractivity contribution in [3.8, 4) is 0 Å². The van der Waals surface area contributed by atoms with E-state index in [9.17, 15) is 14.4 Å². The van der Waals surface area contributed by atoms with Gasteiger partial charge in [-0.2, -0.15) is 0 Å². The molecule has 1 unspecified atom stereocenters. The molecular formula is C65H124O6. The Morgan fingerprint density at radius 2 is 0.465 bits per heavy atom. The smallest absolute Gasteiger partial charge is 0.306 e. The molecule has 0 saturated heterocycles. The molecule has 420 valence electrons. The minimum absolute atomic E-state index is 0.0633. The van der Waals surface area contributed by atoms with E-state index in [4.69, 9.17) is 14.2 Å². The Bertz CT molecular complexity index is 1100. The Kier molecular flexibility index (Phi) is 59.1. The SMILES string of the molecule is CCCCCCCCCC/C=C\CCCCCCCCCCCCCCCCCCCCCC(=O)OCC(COC(=O)CCCCCCCCC)OC(=O)CCCCCCCCCCCCCCCCC. The topological polar surface area (TPSA) is 78.9 Å². The molecule has 0 fully saturated rings. The van der Waals surface area contributed by atoms with E-state index in [1.54, 1.807) is 0 Å². The van der Waals surface area contributed by atoms with Crippen LogP contribution in [0.3, 0.4) is 0 Å². The number of unbranched alkanes of at least 4 members (excludes halogenated alkanes) is 47. The maximum Gasteiger partial charge on any atom is 0.306 e. The molecule has 0 aromatic carbocycles. The van der Waals surface area contributed by atoms with Gasteiger partial charge in [-0.15, -0.1) is 0 Å². The van der Waals surface area contributed by atoms with Gasteiger partial charge in [0, 0.05) is 19.3 Å². The van der Waals surface area contributed by atoms with Crippen molar-refractivity contribution in [2.45, 2.75) is 374 Å². The summed E-state index contributed by atoms with van der Waals surface area (Å²) in [6, 6.07) is 0. The summed E-state index contributed by atoms with van der Waals surface area (Å²) in [5.41, 5.74) is 0. The van der Waals surface area contributed by atoms with Gasteiger partial charge < -0.3 is 14.2 Å². The molecule has 0 rings (SSSR count). The van der Waals surface area contributed by atoms with E-state index in [1.165, 1.54) is 270 Å². The van der Waals surface area contributed by atoms with E-state index >= 15 is 0 Å². The molecule has 0 aliphatic carbocycles. The minimum Gasteiger partial charge on any atom is -0.462 e. The third-order valence-corrected chi connectivity index (χ3v) is 14.8. The van der Waals surface area contributed by atoms with Gasteiger partial charge in [0.15, 0.2) is 6.10 Å². The van der Waals surface area contributed by atoms with Gasteiger partial charge in [-0.25, -0.2) is 0 Å². The highest BCUT2D eigenvalue weighted by molar-refractivity contribution is 5.71. The Hall–Kier alpha value is -1.85. The van der Waals surface area contributed by atoms with E-state index in [2.05, 4.69) is 32.9 Å². The zero-order valence-corrected chi connectivity index (χ0v) is 48.3. The molecule has 6 heteroatoms. The first-order chi connectivity index (χ1) is 35.0. The lowest BCUT2D eigenvalue weighted by Crippen LogP contribution is -2.30. The highest BCUT2D eigenvalue weighted by Crippen LogP contribution is 2.18. The summed E-state index contributed by atoms with van der Waals surface area (Å²) in [6.45, 7) is 6.66. The molecule has 0 saturated carbocycles. The van der Waals surface area contributed by atoms with Crippen LogP contribution in [0.2, 0.25) is 0 Å². The molecule has 0 aliphatic heterocycles. The molecule has 1 atom stereocenters. The predicted octanol–water partition coefficient (Wildman–Crippen LogP) is 21.7. The summed E-state index contributed by atoms with van der Waals surface area (Å²) >= 11 is 0. The Labute approximate surface area is 443 Å². The molecule has 0 aliphatic rings. The van der Waals surface area contributed by atoms with Crippen molar-refractivity contribution in [1.29, 1.82) is 0 Å². The lowest BCUT2D eigenvalue weighted by Gasteiger charge is -2.18. The van der Waals surface area contributed by atoms with Gasteiger partial charge in [-0.3, -0.25) is 14.4 Å². The molecule has 0 amide bonds. The van der Waals surface area contributed by atoms with Gasteiger partial charge >= 0.3 is 17.9 Å². The summed E-state index contributed by atoms with van der Waals surface area (Å²) in [4.78, 5) is 38.0. The fraction of sp³-hybridized carbons (Fsp3) is 0.923. The first-order valence-corrected chi connectivity index (χ1v) is 32.2.